The molecule has 3 amide bonds. The van der Waals surface area contributed by atoms with Crippen molar-refractivity contribution in [2.75, 3.05) is 35.8 Å². The average Bonchev–Trinajstić information content (AvgIpc) is 3.21. The number of carbonyl (C=O) groups excluding carboxylic acids is 5. The molecule has 0 saturated heterocycles. The van der Waals surface area contributed by atoms with Gasteiger partial charge in [0.05, 0.1) is 22.5 Å². The van der Waals surface area contributed by atoms with Crippen molar-refractivity contribution in [3.8, 4) is 17.6 Å². The molecule has 4 rings (SSSR count). The maximum atomic E-state index is 13.4. The lowest BCUT2D eigenvalue weighted by Crippen LogP contribution is -2.25. The molecule has 0 aliphatic carbocycles. The van der Waals surface area contributed by atoms with Crippen LogP contribution in [0.5, 0.6) is 11.5 Å². The number of nitro groups is 1. The van der Waals surface area contributed by atoms with Crippen LogP contribution in [0.3, 0.4) is 0 Å². The standard InChI is InChI=1S/C42H37N5O10/c1-4-21-55-37-25-31(13-17-34(37)41(51)46-32-14-18-35(42(52)57-23-6-3)38(26-32)56-22-5-2)45-39(49)28-7-11-30(12-8-28)44-40(50)29(19-20-43)24-36(48)27-9-15-33(16-10-27)47(53)54/h4-18,25-26,29H,1-3,19,21-24H2,(H,44,50)(H,45,49)(H,46,51)/t29-/m1/s1. The van der Waals surface area contributed by atoms with Gasteiger partial charge in [-0.2, -0.15) is 5.26 Å². The fourth-order valence-corrected chi connectivity index (χ4v) is 5.13. The summed E-state index contributed by atoms with van der Waals surface area (Å²) in [4.78, 5) is 75.2. The molecule has 0 bridgehead atoms. The van der Waals surface area contributed by atoms with E-state index in [1.165, 1.54) is 103 Å². The number of ketones is 1. The Morgan fingerprint density at radius 1 is 0.702 bits per heavy atom. The second-order valence-electron chi connectivity index (χ2n) is 12.0. The number of nitro benzene ring substituents is 1. The van der Waals surface area contributed by atoms with Gasteiger partial charge in [0, 0.05) is 65.3 Å². The van der Waals surface area contributed by atoms with Gasteiger partial charge in [0.15, 0.2) is 5.78 Å². The van der Waals surface area contributed by atoms with Crippen molar-refractivity contribution in [2.24, 2.45) is 5.92 Å². The molecule has 0 spiro atoms. The monoisotopic (exact) mass is 771 g/mol. The van der Waals surface area contributed by atoms with Crippen LogP contribution < -0.4 is 25.4 Å². The van der Waals surface area contributed by atoms with Crippen LogP contribution in [0.1, 0.15) is 54.3 Å². The minimum absolute atomic E-state index is 0.00196. The number of anilines is 3. The molecule has 290 valence electrons. The molecule has 3 N–H and O–H groups in total. The van der Waals surface area contributed by atoms with Crippen LogP contribution >= 0.6 is 0 Å². The molecule has 57 heavy (non-hydrogen) atoms. The summed E-state index contributed by atoms with van der Waals surface area (Å²) in [5, 5.41) is 28.3. The van der Waals surface area contributed by atoms with Crippen molar-refractivity contribution in [3.05, 3.63) is 155 Å². The summed E-state index contributed by atoms with van der Waals surface area (Å²) < 4.78 is 16.5. The highest BCUT2D eigenvalue weighted by Gasteiger charge is 2.24. The van der Waals surface area contributed by atoms with Crippen molar-refractivity contribution in [3.63, 3.8) is 0 Å². The molecule has 0 heterocycles. The lowest BCUT2D eigenvalue weighted by atomic mass is 9.95. The number of Topliss-reactive ketones (excluding diaryl/α,β-unsaturated/α-hetero) is 1. The minimum Gasteiger partial charge on any atom is -0.489 e. The topological polar surface area (TPSA) is 216 Å². The molecule has 15 heteroatoms. The van der Waals surface area contributed by atoms with Gasteiger partial charge in [0.2, 0.25) is 5.91 Å². The van der Waals surface area contributed by atoms with Crippen molar-refractivity contribution in [1.29, 1.82) is 5.26 Å². The first-order valence-electron chi connectivity index (χ1n) is 17.2. The number of hydrogen-bond acceptors (Lipinski definition) is 11. The number of non-ortho nitro benzene ring substituents is 1. The largest absolute Gasteiger partial charge is 0.489 e. The van der Waals surface area contributed by atoms with Crippen molar-refractivity contribution in [2.45, 2.75) is 12.8 Å². The van der Waals surface area contributed by atoms with E-state index in [1.807, 2.05) is 6.07 Å². The van der Waals surface area contributed by atoms with Gasteiger partial charge >= 0.3 is 5.97 Å². The van der Waals surface area contributed by atoms with Crippen molar-refractivity contribution >= 4 is 52.2 Å². The number of nitriles is 1. The van der Waals surface area contributed by atoms with E-state index >= 15 is 0 Å². The Hall–Kier alpha value is -7.86. The number of benzene rings is 4. The molecule has 0 aliphatic rings. The van der Waals surface area contributed by atoms with E-state index in [2.05, 4.69) is 35.7 Å². The van der Waals surface area contributed by atoms with E-state index in [0.29, 0.717) is 17.1 Å². The third-order valence-electron chi connectivity index (χ3n) is 7.94. The SMILES string of the molecule is C=CCOC(=O)c1ccc(NC(=O)c2ccc(NC(=O)c3ccc(NC(=O)[C@H](CC#N)CC(=O)c4ccc([N+](=O)[O-])cc4)cc3)cc2OCC=C)cc1OCC=C. The van der Waals surface area contributed by atoms with Crippen LogP contribution in [0.2, 0.25) is 0 Å². The maximum absolute atomic E-state index is 13.4. The molecular formula is C42H37N5O10. The predicted molar refractivity (Wildman–Crippen MR) is 211 cm³/mol. The minimum atomic E-state index is -1.00. The third-order valence-corrected chi connectivity index (χ3v) is 7.94. The van der Waals surface area contributed by atoms with Gasteiger partial charge in [-0.05, 0) is 60.7 Å². The quantitative estimate of drug-likeness (QED) is 0.0266. The average molecular weight is 772 g/mol. The first-order valence-corrected chi connectivity index (χ1v) is 17.2. The summed E-state index contributed by atoms with van der Waals surface area (Å²) in [6.07, 6.45) is 3.86. The normalized spacial score (nSPS) is 10.7. The van der Waals surface area contributed by atoms with Gasteiger partial charge in [-0.1, -0.05) is 38.0 Å². The van der Waals surface area contributed by atoms with Crippen LogP contribution in [0, 0.1) is 27.4 Å². The summed E-state index contributed by atoms with van der Waals surface area (Å²) in [6, 6.07) is 21.6. The fraction of sp³-hybridized carbons (Fsp3) is 0.143. The lowest BCUT2D eigenvalue weighted by Gasteiger charge is -2.15. The Bertz CT molecular complexity index is 2230. The predicted octanol–water partition coefficient (Wildman–Crippen LogP) is 7.31. The fourth-order valence-electron chi connectivity index (χ4n) is 5.13. The smallest absolute Gasteiger partial charge is 0.342 e. The Morgan fingerprint density at radius 2 is 1.23 bits per heavy atom. The number of esters is 1. The van der Waals surface area contributed by atoms with Crippen molar-refractivity contribution in [1.82, 2.24) is 0 Å². The summed E-state index contributed by atoms with van der Waals surface area (Å²) >= 11 is 0. The van der Waals surface area contributed by atoms with E-state index in [0.717, 1.165) is 0 Å². The molecule has 1 atom stereocenters. The van der Waals surface area contributed by atoms with E-state index in [9.17, 15) is 39.3 Å². The zero-order valence-electron chi connectivity index (χ0n) is 30.5. The number of nitrogens with one attached hydrogen (secondary N) is 3. The maximum Gasteiger partial charge on any atom is 0.342 e. The van der Waals surface area contributed by atoms with Crippen LogP contribution in [0.25, 0.3) is 0 Å². The van der Waals surface area contributed by atoms with Gasteiger partial charge < -0.3 is 30.2 Å². The number of amides is 3. The van der Waals surface area contributed by atoms with Crippen LogP contribution in [0.4, 0.5) is 22.7 Å². The molecule has 15 nitrogen and oxygen atoms in total. The Kier molecular flexibility index (Phi) is 15.1. The number of rotatable bonds is 20. The summed E-state index contributed by atoms with van der Waals surface area (Å²) in [7, 11) is 0. The van der Waals surface area contributed by atoms with Gasteiger partial charge in [0.1, 0.15) is 36.9 Å². The van der Waals surface area contributed by atoms with Crippen LogP contribution in [0.15, 0.2) is 123 Å². The Labute approximate surface area is 327 Å². The van der Waals surface area contributed by atoms with Gasteiger partial charge in [-0.25, -0.2) is 4.79 Å². The molecule has 4 aromatic rings. The first-order chi connectivity index (χ1) is 27.5. The van der Waals surface area contributed by atoms with Gasteiger partial charge in [-0.15, -0.1) is 0 Å². The van der Waals surface area contributed by atoms with Crippen LogP contribution in [-0.2, 0) is 9.53 Å². The number of hydrogen-bond donors (Lipinski definition) is 3. The van der Waals surface area contributed by atoms with E-state index in [1.54, 1.807) is 0 Å². The van der Waals surface area contributed by atoms with Crippen molar-refractivity contribution < 1.29 is 43.1 Å². The molecule has 0 radical (unpaired) electrons. The van der Waals surface area contributed by atoms with Crippen LogP contribution in [-0.4, -0.2) is 54.2 Å². The molecular weight excluding hydrogens is 734 g/mol. The lowest BCUT2D eigenvalue weighted by molar-refractivity contribution is -0.384. The molecule has 0 saturated carbocycles. The first kappa shape index (κ1) is 41.9. The van der Waals surface area contributed by atoms with E-state index in [4.69, 9.17) is 14.2 Å². The summed E-state index contributed by atoms with van der Waals surface area (Å²) in [5.74, 6) is -3.48. The third kappa shape index (κ3) is 11.8. The second kappa shape index (κ2) is 20.6. The van der Waals surface area contributed by atoms with Gasteiger partial charge in [-0.3, -0.25) is 29.3 Å². The van der Waals surface area contributed by atoms with E-state index < -0.39 is 40.3 Å². The number of nitrogens with zero attached hydrogens (tertiary/aromatic N) is 2. The number of ether oxygens (including phenoxy) is 3. The van der Waals surface area contributed by atoms with E-state index in [-0.39, 0.29) is 72.1 Å². The second-order valence-corrected chi connectivity index (χ2v) is 12.0. The molecule has 0 aromatic heterocycles. The molecule has 0 unspecified atom stereocenters. The zero-order valence-corrected chi connectivity index (χ0v) is 30.5. The molecule has 4 aromatic carbocycles. The highest BCUT2D eigenvalue weighted by atomic mass is 16.6. The summed E-state index contributed by atoms with van der Waals surface area (Å²) in [6.45, 7) is 10.9. The Morgan fingerprint density at radius 3 is 1.79 bits per heavy atom. The number of carbonyl (C=O) groups is 5. The molecule has 0 fully saturated rings. The molecule has 0 aliphatic heterocycles. The zero-order chi connectivity index (χ0) is 41.3. The van der Waals surface area contributed by atoms with Gasteiger partial charge in [0.25, 0.3) is 17.5 Å². The highest BCUT2D eigenvalue weighted by molar-refractivity contribution is 6.08. The summed E-state index contributed by atoms with van der Waals surface area (Å²) in [5.41, 5.74) is 1.38. The Balaban J connectivity index is 1.43. The highest BCUT2D eigenvalue weighted by Crippen LogP contribution is 2.29.